The third-order valence-corrected chi connectivity index (χ3v) is 2.03. The van der Waals surface area contributed by atoms with Crippen molar-refractivity contribution in [3.05, 3.63) is 23.5 Å². The maximum atomic E-state index is 11.3. The molecule has 0 saturated heterocycles. The molecule has 0 aliphatic carbocycles. The fourth-order valence-electron chi connectivity index (χ4n) is 1.19. The number of nitrogens with zero attached hydrogens (tertiary/aromatic N) is 1. The van der Waals surface area contributed by atoms with E-state index in [-0.39, 0.29) is 24.0 Å². The average Bonchev–Trinajstić information content (AvgIpc) is 2.42. The number of carbonyl (C=O) groups excluding carboxylic acids is 1. The number of rotatable bonds is 5. The molecule has 6 nitrogen and oxygen atoms in total. The molecule has 1 aromatic heterocycles. The number of aliphatic hydroxyl groups is 1. The van der Waals surface area contributed by atoms with Crippen LogP contribution >= 0.6 is 0 Å². The summed E-state index contributed by atoms with van der Waals surface area (Å²) < 4.78 is 0. The van der Waals surface area contributed by atoms with Crippen molar-refractivity contribution in [1.82, 2.24) is 15.6 Å². The number of carbonyl (C=O) groups is 1. The van der Waals surface area contributed by atoms with Crippen LogP contribution in [-0.2, 0) is 6.54 Å². The van der Waals surface area contributed by atoms with Crippen LogP contribution in [0.5, 0.6) is 5.75 Å². The normalized spacial score (nSPS) is 9.33. The quantitative estimate of drug-likeness (QED) is 0.566. The second-order valence-electron chi connectivity index (χ2n) is 3.18. The number of aromatic hydroxyl groups is 1. The summed E-state index contributed by atoms with van der Waals surface area (Å²) in [5, 5.41) is 23.4. The van der Waals surface area contributed by atoms with Crippen LogP contribution in [-0.4, -0.2) is 41.3 Å². The second-order valence-corrected chi connectivity index (χ2v) is 3.18. The lowest BCUT2D eigenvalue weighted by molar-refractivity contribution is 0.0958. The van der Waals surface area contributed by atoms with Gasteiger partial charge in [0, 0.05) is 25.7 Å². The highest BCUT2D eigenvalue weighted by Gasteiger charge is 2.08. The van der Waals surface area contributed by atoms with Gasteiger partial charge in [0.2, 0.25) is 0 Å². The van der Waals surface area contributed by atoms with Crippen LogP contribution in [0, 0.1) is 0 Å². The van der Waals surface area contributed by atoms with Crippen molar-refractivity contribution < 1.29 is 15.0 Å². The van der Waals surface area contributed by atoms with E-state index in [0.29, 0.717) is 18.7 Å². The van der Waals surface area contributed by atoms with Crippen LogP contribution in [0.3, 0.4) is 0 Å². The van der Waals surface area contributed by atoms with Crippen LogP contribution in [0.4, 0.5) is 0 Å². The van der Waals surface area contributed by atoms with Gasteiger partial charge in [-0.25, -0.2) is 4.98 Å². The highest BCUT2D eigenvalue weighted by Crippen LogP contribution is 2.15. The maximum Gasteiger partial charge on any atom is 0.269 e. The fraction of sp³-hybridized carbons (Fsp3) is 0.500. The number of aliphatic hydroxyl groups excluding tert-OH is 1. The fourth-order valence-corrected chi connectivity index (χ4v) is 1.19. The molecule has 0 unspecified atom stereocenters. The van der Waals surface area contributed by atoms with Crippen LogP contribution < -0.4 is 10.6 Å². The molecule has 0 bridgehead atoms. The Kier molecular flexibility index (Phi) is 8.51. The minimum Gasteiger partial charge on any atom is -0.506 e. The van der Waals surface area contributed by atoms with Gasteiger partial charge in [0.25, 0.3) is 5.91 Å². The lowest BCUT2D eigenvalue weighted by atomic mass is 10.2. The first-order valence-corrected chi connectivity index (χ1v) is 5.90. The Morgan fingerprint density at radius 1 is 1.44 bits per heavy atom. The highest BCUT2D eigenvalue weighted by molar-refractivity contribution is 5.92. The molecule has 0 radical (unpaired) electrons. The molecule has 4 N–H and O–H groups in total. The maximum absolute atomic E-state index is 11.3. The second kappa shape index (κ2) is 9.38. The summed E-state index contributed by atoms with van der Waals surface area (Å²) in [5.74, 6) is -0.276. The van der Waals surface area contributed by atoms with Crippen LogP contribution in [0.1, 0.15) is 29.9 Å². The zero-order valence-electron chi connectivity index (χ0n) is 11.0. The van der Waals surface area contributed by atoms with E-state index < -0.39 is 0 Å². The largest absolute Gasteiger partial charge is 0.506 e. The number of hydrogen-bond acceptors (Lipinski definition) is 5. The molecule has 0 aliphatic rings. The van der Waals surface area contributed by atoms with E-state index in [0.717, 1.165) is 0 Å². The summed E-state index contributed by atoms with van der Waals surface area (Å²) in [4.78, 5) is 15.1. The third kappa shape index (κ3) is 5.11. The topological polar surface area (TPSA) is 94.5 Å². The van der Waals surface area contributed by atoms with E-state index in [1.807, 2.05) is 13.8 Å². The van der Waals surface area contributed by atoms with E-state index in [9.17, 15) is 9.90 Å². The molecule has 6 heteroatoms. The Bertz CT molecular complexity index is 370. The summed E-state index contributed by atoms with van der Waals surface area (Å²) in [6.07, 6.45) is 1.24. The summed E-state index contributed by atoms with van der Waals surface area (Å²) in [5.41, 5.74) is 0.822. The Balaban J connectivity index is 0.00000137. The molecule has 1 heterocycles. The number of nitrogens with one attached hydrogen (secondary N) is 2. The molecule has 1 aromatic rings. The van der Waals surface area contributed by atoms with E-state index in [4.69, 9.17) is 5.11 Å². The van der Waals surface area contributed by atoms with E-state index in [1.54, 1.807) is 0 Å². The summed E-state index contributed by atoms with van der Waals surface area (Å²) in [6.45, 7) is 4.82. The first-order chi connectivity index (χ1) is 8.69. The number of amides is 1. The summed E-state index contributed by atoms with van der Waals surface area (Å²) >= 11 is 0. The number of aromatic nitrogens is 1. The zero-order valence-corrected chi connectivity index (χ0v) is 11.0. The van der Waals surface area contributed by atoms with Gasteiger partial charge in [0.15, 0.2) is 0 Å². The van der Waals surface area contributed by atoms with Gasteiger partial charge < -0.3 is 20.8 Å². The van der Waals surface area contributed by atoms with E-state index >= 15 is 0 Å². The zero-order chi connectivity index (χ0) is 14.0. The van der Waals surface area contributed by atoms with Crippen molar-refractivity contribution in [2.45, 2.75) is 20.4 Å². The predicted molar refractivity (Wildman–Crippen MR) is 69.4 cm³/mol. The molecule has 1 rings (SSSR count). The van der Waals surface area contributed by atoms with E-state index in [2.05, 4.69) is 15.6 Å². The monoisotopic (exact) mass is 255 g/mol. The average molecular weight is 255 g/mol. The molecule has 102 valence electrons. The Morgan fingerprint density at radius 3 is 2.67 bits per heavy atom. The first-order valence-electron chi connectivity index (χ1n) is 5.90. The highest BCUT2D eigenvalue weighted by atomic mass is 16.3. The number of pyridine rings is 1. The molecule has 1 amide bonds. The van der Waals surface area contributed by atoms with Crippen molar-refractivity contribution in [2.75, 3.05) is 20.2 Å². The Hall–Kier alpha value is -1.66. The Morgan fingerprint density at radius 2 is 2.11 bits per heavy atom. The van der Waals surface area contributed by atoms with Crippen molar-refractivity contribution in [1.29, 1.82) is 0 Å². The van der Waals surface area contributed by atoms with Gasteiger partial charge in [-0.15, -0.1) is 0 Å². The van der Waals surface area contributed by atoms with Gasteiger partial charge in [-0.1, -0.05) is 13.8 Å². The van der Waals surface area contributed by atoms with Gasteiger partial charge in [-0.2, -0.15) is 0 Å². The smallest absolute Gasteiger partial charge is 0.269 e. The molecule has 0 spiro atoms. The summed E-state index contributed by atoms with van der Waals surface area (Å²) in [6, 6.07) is 1.51. The SMILES string of the molecule is CC.CNC(=O)c1cc(CNCCO)c(O)cn1. The standard InChI is InChI=1S/C10H15N3O3.C2H6/c1-11-10(16)8-4-7(5-12-2-3-14)9(15)6-13-8;1-2/h4,6,12,14-15H,2-3,5H2,1H3,(H,11,16);1-2H3. The summed E-state index contributed by atoms with van der Waals surface area (Å²) in [7, 11) is 1.51. The van der Waals surface area contributed by atoms with Crippen LogP contribution in [0.15, 0.2) is 12.3 Å². The molecule has 0 saturated carbocycles. The van der Waals surface area contributed by atoms with Crippen molar-refractivity contribution >= 4 is 5.91 Å². The third-order valence-electron chi connectivity index (χ3n) is 2.03. The van der Waals surface area contributed by atoms with Gasteiger partial charge in [0.1, 0.15) is 11.4 Å². The van der Waals surface area contributed by atoms with Crippen molar-refractivity contribution in [3.8, 4) is 5.75 Å². The molecular formula is C12H21N3O3. The van der Waals surface area contributed by atoms with E-state index in [1.165, 1.54) is 19.3 Å². The minimum atomic E-state index is -0.302. The molecule has 0 atom stereocenters. The Labute approximate surface area is 107 Å². The molecule has 0 fully saturated rings. The first kappa shape index (κ1) is 16.3. The lowest BCUT2D eigenvalue weighted by Crippen LogP contribution is -2.21. The van der Waals surface area contributed by atoms with Gasteiger partial charge >= 0.3 is 0 Å². The van der Waals surface area contributed by atoms with Crippen molar-refractivity contribution in [2.24, 2.45) is 0 Å². The van der Waals surface area contributed by atoms with Crippen LogP contribution in [0.2, 0.25) is 0 Å². The lowest BCUT2D eigenvalue weighted by Gasteiger charge is -2.07. The molecule has 18 heavy (non-hydrogen) atoms. The van der Waals surface area contributed by atoms with Crippen LogP contribution in [0.25, 0.3) is 0 Å². The molecule has 0 aromatic carbocycles. The minimum absolute atomic E-state index is 0.0220. The van der Waals surface area contributed by atoms with Crippen molar-refractivity contribution in [3.63, 3.8) is 0 Å². The predicted octanol–water partition coefficient (Wildman–Crippen LogP) is 0.255. The van der Waals surface area contributed by atoms with Gasteiger partial charge in [-0.3, -0.25) is 4.79 Å². The molecular weight excluding hydrogens is 234 g/mol. The van der Waals surface area contributed by atoms with Gasteiger partial charge in [0.05, 0.1) is 12.8 Å². The number of hydrogen-bond donors (Lipinski definition) is 4. The van der Waals surface area contributed by atoms with Gasteiger partial charge in [-0.05, 0) is 6.07 Å². The molecule has 0 aliphatic heterocycles.